The van der Waals surface area contributed by atoms with Gasteiger partial charge in [-0.3, -0.25) is 0 Å². The van der Waals surface area contributed by atoms with Crippen molar-refractivity contribution in [2.24, 2.45) is 0 Å². The molecule has 0 bridgehead atoms. The van der Waals surface area contributed by atoms with Crippen LogP contribution in [0, 0.1) is 0 Å². The highest BCUT2D eigenvalue weighted by Gasteiger charge is 2.22. The van der Waals surface area contributed by atoms with E-state index in [0.29, 0.717) is 0 Å². The van der Waals surface area contributed by atoms with E-state index in [2.05, 4.69) is 0 Å². The molecule has 1 aliphatic heterocycles. The van der Waals surface area contributed by atoms with Crippen LogP contribution in [0.4, 0.5) is 0 Å². The van der Waals surface area contributed by atoms with Crippen molar-refractivity contribution in [2.45, 2.75) is 43.9 Å². The lowest BCUT2D eigenvalue weighted by molar-refractivity contribution is 0.163. The molecule has 0 aromatic rings. The Bertz CT molecular complexity index is 279. The zero-order valence-corrected chi connectivity index (χ0v) is 8.46. The van der Waals surface area contributed by atoms with Gasteiger partial charge in [0.15, 0.2) is 0 Å². The molecule has 4 radical (unpaired) electrons. The Kier molecular flexibility index (Phi) is 2.76. The second-order valence-electron chi connectivity index (χ2n) is 4.15. The van der Waals surface area contributed by atoms with Crippen LogP contribution in [0.5, 0.6) is 0 Å². The quantitative estimate of drug-likeness (QED) is 0.524. The summed E-state index contributed by atoms with van der Waals surface area (Å²) in [4.78, 5) is 0. The molecular formula is C11H14B2O. The minimum Gasteiger partial charge on any atom is -0.507 e. The zero-order valence-electron chi connectivity index (χ0n) is 8.46. The Hall–Kier alpha value is -0.590. The van der Waals surface area contributed by atoms with Crippen LogP contribution in [0.1, 0.15) is 38.5 Å². The monoisotopic (exact) mass is 184 g/mol. The van der Waals surface area contributed by atoms with Gasteiger partial charge in [-0.1, -0.05) is 25.0 Å². The summed E-state index contributed by atoms with van der Waals surface area (Å²) in [7, 11) is 11.4. The smallest absolute Gasteiger partial charge is 0.122 e. The number of rotatable bonds is 0. The third kappa shape index (κ3) is 2.26. The molecule has 0 amide bonds. The van der Waals surface area contributed by atoms with Crippen LogP contribution >= 0.6 is 0 Å². The summed E-state index contributed by atoms with van der Waals surface area (Å²) in [5, 5.41) is -1.09. The first-order valence-corrected chi connectivity index (χ1v) is 5.35. The maximum Gasteiger partial charge on any atom is 0.122 e. The fourth-order valence-electron chi connectivity index (χ4n) is 2.03. The highest BCUT2D eigenvalue weighted by atomic mass is 16.5. The molecule has 0 aromatic carbocycles. The summed E-state index contributed by atoms with van der Waals surface area (Å²) < 4.78 is 5.56. The van der Waals surface area contributed by atoms with E-state index in [9.17, 15) is 0 Å². The summed E-state index contributed by atoms with van der Waals surface area (Å²) in [6, 6.07) is 0. The molecule has 0 N–H and O–H groups in total. The third-order valence-corrected chi connectivity index (χ3v) is 2.80. The van der Waals surface area contributed by atoms with Gasteiger partial charge in [-0.2, -0.15) is 0 Å². The van der Waals surface area contributed by atoms with Crippen LogP contribution in [-0.4, -0.2) is 21.1 Å². The Morgan fingerprint density at radius 1 is 1.07 bits per heavy atom. The lowest BCUT2D eigenvalue weighted by Crippen LogP contribution is -2.33. The minimum absolute atomic E-state index is 0.982. The number of hydrogen-bond acceptors (Lipinski definition) is 1. The Morgan fingerprint density at radius 3 is 2.57 bits per heavy atom. The Labute approximate surface area is 88.4 Å². The molecule has 2 aliphatic rings. The lowest BCUT2D eigenvalue weighted by atomic mass is 9.64. The van der Waals surface area contributed by atoms with Crippen molar-refractivity contribution in [3.8, 4) is 0 Å². The first-order chi connectivity index (χ1) is 6.67. The van der Waals surface area contributed by atoms with E-state index in [-0.39, 0.29) is 0 Å². The summed E-state index contributed by atoms with van der Waals surface area (Å²) in [6.45, 7) is 0. The van der Waals surface area contributed by atoms with Crippen molar-refractivity contribution in [1.82, 2.24) is 0 Å². The molecule has 0 fully saturated rings. The predicted molar refractivity (Wildman–Crippen MR) is 59.2 cm³/mol. The van der Waals surface area contributed by atoms with Gasteiger partial charge in [0.1, 0.15) is 15.7 Å². The van der Waals surface area contributed by atoms with Crippen molar-refractivity contribution >= 4 is 15.7 Å². The Balaban J connectivity index is 2.17. The Morgan fingerprint density at radius 2 is 1.79 bits per heavy atom. The van der Waals surface area contributed by atoms with E-state index in [1.54, 1.807) is 6.08 Å². The molecule has 1 nitrogen and oxygen atoms in total. The summed E-state index contributed by atoms with van der Waals surface area (Å²) in [5.74, 6) is 1.01. The molecule has 0 spiro atoms. The summed E-state index contributed by atoms with van der Waals surface area (Å²) >= 11 is 0. The first-order valence-electron chi connectivity index (χ1n) is 5.35. The van der Waals surface area contributed by atoms with E-state index >= 15 is 0 Å². The molecule has 0 saturated heterocycles. The van der Waals surface area contributed by atoms with Crippen LogP contribution < -0.4 is 0 Å². The topological polar surface area (TPSA) is 9.23 Å². The molecule has 1 heterocycles. The van der Waals surface area contributed by atoms with Gasteiger partial charge in [0.2, 0.25) is 0 Å². The third-order valence-electron chi connectivity index (χ3n) is 2.80. The van der Waals surface area contributed by atoms with Crippen LogP contribution in [0.15, 0.2) is 23.5 Å². The number of allylic oxidation sites excluding steroid dienone is 3. The second-order valence-corrected chi connectivity index (χ2v) is 4.15. The zero-order chi connectivity index (χ0) is 10.0. The molecule has 2 rings (SSSR count). The molecule has 1 aliphatic carbocycles. The first kappa shape index (κ1) is 9.95. The van der Waals surface area contributed by atoms with Crippen LogP contribution in [0.25, 0.3) is 0 Å². The van der Waals surface area contributed by atoms with Crippen molar-refractivity contribution < 1.29 is 4.74 Å². The van der Waals surface area contributed by atoms with Gasteiger partial charge in [-0.05, 0) is 24.8 Å². The van der Waals surface area contributed by atoms with Crippen molar-refractivity contribution in [3.05, 3.63) is 23.5 Å². The second kappa shape index (κ2) is 3.88. The van der Waals surface area contributed by atoms with Crippen LogP contribution in [-0.2, 0) is 4.74 Å². The SMILES string of the molecule is [B]C1([B])C=CC2=C(CCCCCC2)O1. The highest BCUT2D eigenvalue weighted by molar-refractivity contribution is 6.40. The van der Waals surface area contributed by atoms with Gasteiger partial charge in [-0.25, -0.2) is 0 Å². The van der Waals surface area contributed by atoms with Gasteiger partial charge in [-0.15, -0.1) is 0 Å². The van der Waals surface area contributed by atoms with E-state index in [0.717, 1.165) is 18.6 Å². The van der Waals surface area contributed by atoms with E-state index in [1.165, 1.54) is 31.3 Å². The fraction of sp³-hybridized carbons (Fsp3) is 0.636. The summed E-state index contributed by atoms with van der Waals surface area (Å²) in [5.41, 5.74) is 1.29. The lowest BCUT2D eigenvalue weighted by Gasteiger charge is -2.32. The van der Waals surface area contributed by atoms with E-state index < -0.39 is 5.40 Å². The standard InChI is InChI=1S/C11H14B2O/c12-11(13)8-7-9-5-3-1-2-4-6-10(9)14-11/h7-8H,1-6H2. The van der Waals surface area contributed by atoms with Gasteiger partial charge < -0.3 is 4.74 Å². The largest absolute Gasteiger partial charge is 0.507 e. The van der Waals surface area contributed by atoms with Crippen molar-refractivity contribution in [1.29, 1.82) is 0 Å². The van der Waals surface area contributed by atoms with Crippen molar-refractivity contribution in [3.63, 3.8) is 0 Å². The molecule has 0 unspecified atom stereocenters. The molecular weight excluding hydrogens is 170 g/mol. The van der Waals surface area contributed by atoms with Gasteiger partial charge in [0, 0.05) is 11.8 Å². The fourth-order valence-corrected chi connectivity index (χ4v) is 2.03. The van der Waals surface area contributed by atoms with Gasteiger partial charge >= 0.3 is 0 Å². The molecule has 0 atom stereocenters. The van der Waals surface area contributed by atoms with E-state index in [4.69, 9.17) is 20.4 Å². The number of hydrogen-bond donors (Lipinski definition) is 0. The normalized spacial score (nSPS) is 26.0. The van der Waals surface area contributed by atoms with E-state index in [1.807, 2.05) is 6.08 Å². The minimum atomic E-state index is -1.09. The van der Waals surface area contributed by atoms with Gasteiger partial charge in [0.05, 0.1) is 5.76 Å². The molecule has 70 valence electrons. The van der Waals surface area contributed by atoms with Crippen LogP contribution in [0.3, 0.4) is 0 Å². The van der Waals surface area contributed by atoms with Crippen LogP contribution in [0.2, 0.25) is 0 Å². The predicted octanol–water partition coefficient (Wildman–Crippen LogP) is 2.17. The maximum atomic E-state index is 5.71. The van der Waals surface area contributed by atoms with Gasteiger partial charge in [0.25, 0.3) is 0 Å². The highest BCUT2D eigenvalue weighted by Crippen LogP contribution is 2.30. The maximum absolute atomic E-state index is 5.71. The molecule has 0 saturated carbocycles. The molecule has 0 aromatic heterocycles. The number of ether oxygens (including phenoxy) is 1. The average Bonchev–Trinajstić information content (AvgIpc) is 2.07. The molecule has 3 heteroatoms. The molecule has 14 heavy (non-hydrogen) atoms. The average molecular weight is 184 g/mol. The summed E-state index contributed by atoms with van der Waals surface area (Å²) in [6.07, 6.45) is 10.9. The van der Waals surface area contributed by atoms with Crippen molar-refractivity contribution in [2.75, 3.05) is 0 Å².